The molecule has 0 bridgehead atoms. The predicted octanol–water partition coefficient (Wildman–Crippen LogP) is 1.36. The van der Waals surface area contributed by atoms with Crippen LogP contribution in [0.3, 0.4) is 0 Å². The van der Waals surface area contributed by atoms with Crippen molar-refractivity contribution in [2.45, 2.75) is 26.1 Å². The zero-order chi connectivity index (χ0) is 14.6. The summed E-state index contributed by atoms with van der Waals surface area (Å²) in [7, 11) is 1.86. The Balaban J connectivity index is 1.60. The summed E-state index contributed by atoms with van der Waals surface area (Å²) < 4.78 is 41.2. The number of alkyl halides is 3. The van der Waals surface area contributed by atoms with Crippen LogP contribution in [0.4, 0.5) is 13.2 Å². The fourth-order valence-electron chi connectivity index (χ4n) is 3.48. The molecule has 3 rings (SSSR count). The SMILES string of the molecule is Cc1cc(CNC[C@@]23CNC[C@]2(C(F)(F)F)C3)nn1C. The van der Waals surface area contributed by atoms with Crippen LogP contribution in [0.15, 0.2) is 6.07 Å². The molecule has 2 heterocycles. The highest BCUT2D eigenvalue weighted by molar-refractivity contribution is 5.24. The molecule has 1 saturated heterocycles. The van der Waals surface area contributed by atoms with Gasteiger partial charge in [-0.05, 0) is 19.4 Å². The van der Waals surface area contributed by atoms with Gasteiger partial charge in [-0.15, -0.1) is 0 Å². The molecule has 112 valence electrons. The van der Waals surface area contributed by atoms with Crippen molar-refractivity contribution in [3.8, 4) is 0 Å². The Kier molecular flexibility index (Phi) is 2.92. The first-order valence-corrected chi connectivity index (χ1v) is 6.77. The number of hydrogen-bond acceptors (Lipinski definition) is 3. The minimum atomic E-state index is -4.11. The molecule has 20 heavy (non-hydrogen) atoms. The van der Waals surface area contributed by atoms with E-state index in [1.165, 1.54) is 0 Å². The second kappa shape index (κ2) is 4.21. The third kappa shape index (κ3) is 1.87. The molecule has 0 radical (unpaired) electrons. The molecular formula is C13H19F3N4. The van der Waals surface area contributed by atoms with E-state index in [1.54, 1.807) is 4.68 Å². The smallest absolute Gasteiger partial charge is 0.315 e. The summed E-state index contributed by atoms with van der Waals surface area (Å²) in [5.41, 5.74) is -0.258. The molecule has 0 amide bonds. The quantitative estimate of drug-likeness (QED) is 0.879. The van der Waals surface area contributed by atoms with Crippen LogP contribution in [0.5, 0.6) is 0 Å². The van der Waals surface area contributed by atoms with Crippen molar-refractivity contribution in [2.24, 2.45) is 17.9 Å². The van der Waals surface area contributed by atoms with Crippen LogP contribution >= 0.6 is 0 Å². The molecular weight excluding hydrogens is 269 g/mol. The number of aromatic nitrogens is 2. The number of rotatable bonds is 4. The van der Waals surface area contributed by atoms with Gasteiger partial charge in [-0.3, -0.25) is 4.68 Å². The van der Waals surface area contributed by atoms with E-state index in [0.717, 1.165) is 11.4 Å². The largest absolute Gasteiger partial charge is 0.396 e. The van der Waals surface area contributed by atoms with Crippen molar-refractivity contribution in [2.75, 3.05) is 19.6 Å². The van der Waals surface area contributed by atoms with Gasteiger partial charge < -0.3 is 10.6 Å². The van der Waals surface area contributed by atoms with Crippen LogP contribution in [0.1, 0.15) is 17.8 Å². The lowest BCUT2D eigenvalue weighted by Crippen LogP contribution is -2.35. The maximum Gasteiger partial charge on any atom is 0.396 e. The number of halogens is 3. The molecule has 2 fully saturated rings. The van der Waals surface area contributed by atoms with Gasteiger partial charge in [0, 0.05) is 44.3 Å². The van der Waals surface area contributed by atoms with E-state index >= 15 is 0 Å². The van der Waals surface area contributed by atoms with Gasteiger partial charge in [0.05, 0.1) is 11.1 Å². The Hall–Kier alpha value is -1.08. The summed E-state index contributed by atoms with van der Waals surface area (Å²) in [5.74, 6) is 0. The van der Waals surface area contributed by atoms with Gasteiger partial charge in [0.15, 0.2) is 0 Å². The molecule has 2 atom stereocenters. The fraction of sp³-hybridized carbons (Fsp3) is 0.769. The van der Waals surface area contributed by atoms with E-state index in [2.05, 4.69) is 15.7 Å². The highest BCUT2D eigenvalue weighted by atomic mass is 19.4. The van der Waals surface area contributed by atoms with E-state index in [0.29, 0.717) is 19.6 Å². The first kappa shape index (κ1) is 13.9. The van der Waals surface area contributed by atoms with E-state index in [-0.39, 0.29) is 13.0 Å². The zero-order valence-electron chi connectivity index (χ0n) is 11.6. The van der Waals surface area contributed by atoms with Gasteiger partial charge in [-0.1, -0.05) is 0 Å². The van der Waals surface area contributed by atoms with Gasteiger partial charge in [0.2, 0.25) is 0 Å². The second-order valence-corrected chi connectivity index (χ2v) is 6.14. The standard InChI is InChI=1S/C13H19F3N4/c1-9-3-10(19-20(9)2)4-17-6-11-5-12(11,8-18-7-11)13(14,15)16/h3,17-18H,4-8H2,1-2H3/t11-,12+/m0/s1. The predicted molar refractivity (Wildman–Crippen MR) is 68.1 cm³/mol. The topological polar surface area (TPSA) is 41.9 Å². The van der Waals surface area contributed by atoms with Crippen molar-refractivity contribution in [3.63, 3.8) is 0 Å². The lowest BCUT2D eigenvalue weighted by Gasteiger charge is -2.20. The van der Waals surface area contributed by atoms with Crippen LogP contribution in [0.25, 0.3) is 0 Å². The van der Waals surface area contributed by atoms with Crippen LogP contribution in [0, 0.1) is 17.8 Å². The molecule has 1 aliphatic carbocycles. The van der Waals surface area contributed by atoms with Crippen LogP contribution in [-0.4, -0.2) is 35.6 Å². The summed E-state index contributed by atoms with van der Waals surface area (Å²) in [5, 5.41) is 10.3. The Bertz CT molecular complexity index is 505. The van der Waals surface area contributed by atoms with Crippen LogP contribution in [0.2, 0.25) is 0 Å². The van der Waals surface area contributed by atoms with E-state index in [4.69, 9.17) is 0 Å². The summed E-state index contributed by atoms with van der Waals surface area (Å²) >= 11 is 0. The molecule has 1 aliphatic heterocycles. The van der Waals surface area contributed by atoms with Crippen LogP contribution in [-0.2, 0) is 13.6 Å². The molecule has 7 heteroatoms. The molecule has 2 N–H and O–H groups in total. The van der Waals surface area contributed by atoms with Crippen molar-refractivity contribution in [1.82, 2.24) is 20.4 Å². The Morgan fingerprint density at radius 2 is 2.20 bits per heavy atom. The summed E-state index contributed by atoms with van der Waals surface area (Å²) in [4.78, 5) is 0. The Morgan fingerprint density at radius 1 is 1.45 bits per heavy atom. The van der Waals surface area contributed by atoms with Gasteiger partial charge in [0.1, 0.15) is 0 Å². The molecule has 1 saturated carbocycles. The minimum Gasteiger partial charge on any atom is -0.315 e. The van der Waals surface area contributed by atoms with Gasteiger partial charge in [-0.2, -0.15) is 18.3 Å². The number of fused-ring (bicyclic) bond motifs is 1. The monoisotopic (exact) mass is 288 g/mol. The average Bonchev–Trinajstić information content (AvgIpc) is 2.66. The van der Waals surface area contributed by atoms with Crippen molar-refractivity contribution >= 4 is 0 Å². The number of nitrogens with one attached hydrogen (secondary N) is 2. The zero-order valence-corrected chi connectivity index (χ0v) is 11.6. The third-order valence-electron chi connectivity index (χ3n) is 4.90. The van der Waals surface area contributed by atoms with Crippen molar-refractivity contribution < 1.29 is 13.2 Å². The molecule has 1 aromatic rings. The maximum atomic E-state index is 13.2. The first-order chi connectivity index (χ1) is 9.30. The molecule has 0 unspecified atom stereocenters. The van der Waals surface area contributed by atoms with Crippen molar-refractivity contribution in [3.05, 3.63) is 17.5 Å². The van der Waals surface area contributed by atoms with Gasteiger partial charge >= 0.3 is 6.18 Å². The molecule has 0 spiro atoms. The normalized spacial score (nSPS) is 32.5. The van der Waals surface area contributed by atoms with E-state index in [1.807, 2.05) is 20.0 Å². The highest BCUT2D eigenvalue weighted by Crippen LogP contribution is 2.72. The summed E-state index contributed by atoms with van der Waals surface area (Å²) in [6.07, 6.45) is -3.87. The third-order valence-corrected chi connectivity index (χ3v) is 4.90. The average molecular weight is 288 g/mol. The van der Waals surface area contributed by atoms with E-state index in [9.17, 15) is 13.2 Å². The minimum absolute atomic E-state index is 0.0564. The number of piperidine rings is 1. The Morgan fingerprint density at radius 3 is 2.75 bits per heavy atom. The van der Waals surface area contributed by atoms with Crippen molar-refractivity contribution in [1.29, 1.82) is 0 Å². The first-order valence-electron chi connectivity index (χ1n) is 6.77. The molecule has 0 aromatic carbocycles. The number of hydrogen-bond donors (Lipinski definition) is 2. The lowest BCUT2D eigenvalue weighted by molar-refractivity contribution is -0.190. The van der Waals surface area contributed by atoms with Gasteiger partial charge in [-0.25, -0.2) is 0 Å². The molecule has 4 nitrogen and oxygen atoms in total. The molecule has 2 aliphatic rings. The highest BCUT2D eigenvalue weighted by Gasteiger charge is 2.81. The second-order valence-electron chi connectivity index (χ2n) is 6.14. The molecule has 1 aromatic heterocycles. The van der Waals surface area contributed by atoms with Gasteiger partial charge in [0.25, 0.3) is 0 Å². The summed E-state index contributed by atoms with van der Waals surface area (Å²) in [6.45, 7) is 3.35. The van der Waals surface area contributed by atoms with Crippen LogP contribution < -0.4 is 10.6 Å². The van der Waals surface area contributed by atoms with E-state index < -0.39 is 17.0 Å². The fourth-order valence-corrected chi connectivity index (χ4v) is 3.48. The number of aryl methyl sites for hydroxylation is 2. The maximum absolute atomic E-state index is 13.2. The summed E-state index contributed by atoms with van der Waals surface area (Å²) in [6, 6.07) is 1.95. The number of nitrogens with zero attached hydrogens (tertiary/aromatic N) is 2. The Labute approximate surface area is 115 Å². The lowest BCUT2D eigenvalue weighted by atomic mass is 9.95.